The van der Waals surface area contributed by atoms with Crippen molar-refractivity contribution in [2.45, 2.75) is 12.8 Å². The maximum atomic E-state index is 10.9. The van der Waals surface area contributed by atoms with Gasteiger partial charge in [0.25, 0.3) is 10.0 Å². The van der Waals surface area contributed by atoms with Crippen molar-refractivity contribution in [1.29, 1.82) is 0 Å². The average molecular weight is 215 g/mol. The minimum Gasteiger partial charge on any atom is -0.370 e. The summed E-state index contributed by atoms with van der Waals surface area (Å²) in [6.07, 6.45) is 3.22. The Balaban J connectivity index is 2.70. The van der Waals surface area contributed by atoms with Gasteiger partial charge in [0, 0.05) is 12.8 Å². The number of hydrogen-bond donors (Lipinski definition) is 1. The second-order valence-corrected chi connectivity index (χ2v) is 4.11. The van der Waals surface area contributed by atoms with Gasteiger partial charge in [0.15, 0.2) is 0 Å². The Morgan fingerprint density at radius 1 is 1.50 bits per heavy atom. The molecule has 0 aromatic carbocycles. The molecule has 1 heterocycles. The number of carbonyl (C=O) groups is 1. The largest absolute Gasteiger partial charge is 0.370 e. The lowest BCUT2D eigenvalue weighted by Gasteiger charge is -1.94. The number of nitrogens with zero attached hydrogens (tertiary/aromatic N) is 2. The molecule has 0 fully saturated rings. The second-order valence-electron chi connectivity index (χ2n) is 2.65. The SMILES string of the molecule is NC(=O)CCC1=CC=CS(=O)(=O)N=N1. The lowest BCUT2D eigenvalue weighted by molar-refractivity contribution is -0.117. The van der Waals surface area contributed by atoms with Crippen molar-refractivity contribution in [2.75, 3.05) is 0 Å². The van der Waals surface area contributed by atoms with E-state index in [0.29, 0.717) is 12.1 Å². The maximum Gasteiger partial charge on any atom is 0.292 e. The van der Waals surface area contributed by atoms with E-state index >= 15 is 0 Å². The van der Waals surface area contributed by atoms with E-state index in [1.807, 2.05) is 0 Å². The summed E-state index contributed by atoms with van der Waals surface area (Å²) in [5.41, 5.74) is 5.34. The zero-order valence-electron chi connectivity index (χ0n) is 7.25. The molecule has 0 saturated heterocycles. The van der Waals surface area contributed by atoms with Crippen LogP contribution in [0.3, 0.4) is 0 Å². The highest BCUT2D eigenvalue weighted by Crippen LogP contribution is 2.12. The Morgan fingerprint density at radius 2 is 2.21 bits per heavy atom. The van der Waals surface area contributed by atoms with Crippen molar-refractivity contribution in [3.8, 4) is 0 Å². The first-order valence-corrected chi connectivity index (χ1v) is 5.33. The monoisotopic (exact) mass is 215 g/mol. The number of amides is 1. The molecule has 14 heavy (non-hydrogen) atoms. The highest BCUT2D eigenvalue weighted by molar-refractivity contribution is 7.92. The molecule has 0 aromatic rings. The van der Waals surface area contributed by atoms with Crippen LogP contribution in [0, 0.1) is 0 Å². The number of rotatable bonds is 3. The maximum absolute atomic E-state index is 10.9. The van der Waals surface area contributed by atoms with Crippen molar-refractivity contribution >= 4 is 15.9 Å². The van der Waals surface area contributed by atoms with E-state index in [9.17, 15) is 13.2 Å². The highest BCUT2D eigenvalue weighted by atomic mass is 32.2. The highest BCUT2D eigenvalue weighted by Gasteiger charge is 2.06. The minimum atomic E-state index is -3.58. The molecule has 0 unspecified atom stereocenters. The Kier molecular flexibility index (Phi) is 3.13. The van der Waals surface area contributed by atoms with Crippen molar-refractivity contribution in [3.63, 3.8) is 0 Å². The zero-order chi connectivity index (χ0) is 10.6. The molecule has 1 rings (SSSR count). The summed E-state index contributed by atoms with van der Waals surface area (Å²) >= 11 is 0. The van der Waals surface area contributed by atoms with Gasteiger partial charge in [0.1, 0.15) is 0 Å². The summed E-state index contributed by atoms with van der Waals surface area (Å²) < 4.78 is 24.9. The minimum absolute atomic E-state index is 0.124. The van der Waals surface area contributed by atoms with Crippen LogP contribution in [-0.4, -0.2) is 14.3 Å². The third kappa shape index (κ3) is 3.48. The third-order valence-corrected chi connectivity index (χ3v) is 2.26. The molecule has 0 radical (unpaired) electrons. The molecular weight excluding hydrogens is 206 g/mol. The van der Waals surface area contributed by atoms with Crippen LogP contribution in [0.4, 0.5) is 0 Å². The van der Waals surface area contributed by atoms with Gasteiger partial charge in [-0.25, -0.2) is 0 Å². The van der Waals surface area contributed by atoms with Gasteiger partial charge >= 0.3 is 0 Å². The first-order valence-electron chi connectivity index (χ1n) is 3.83. The van der Waals surface area contributed by atoms with Crippen LogP contribution in [0.1, 0.15) is 12.8 Å². The standard InChI is InChI=1S/C7H9N3O3S/c8-7(11)4-3-6-2-1-5-14(12,13)10-9-6/h1-2,5H,3-4H2,(H2,8,11). The van der Waals surface area contributed by atoms with Gasteiger partial charge in [-0.15, -0.1) is 5.11 Å². The van der Waals surface area contributed by atoms with Crippen molar-refractivity contribution < 1.29 is 13.2 Å². The Hall–Kier alpha value is -1.50. The molecule has 0 saturated carbocycles. The smallest absolute Gasteiger partial charge is 0.292 e. The fourth-order valence-corrected chi connectivity index (χ4v) is 1.35. The summed E-state index contributed by atoms with van der Waals surface area (Å²) in [5, 5.41) is 4.41. The van der Waals surface area contributed by atoms with E-state index in [1.54, 1.807) is 0 Å². The molecule has 1 amide bonds. The first kappa shape index (κ1) is 10.6. The number of nitrogens with two attached hydrogens (primary N) is 1. The molecule has 2 N–H and O–H groups in total. The van der Waals surface area contributed by atoms with Crippen LogP contribution in [0.25, 0.3) is 0 Å². The predicted molar refractivity (Wildman–Crippen MR) is 49.4 cm³/mol. The van der Waals surface area contributed by atoms with E-state index in [4.69, 9.17) is 5.73 Å². The summed E-state index contributed by atoms with van der Waals surface area (Å²) in [6, 6.07) is 0. The fourth-order valence-electron chi connectivity index (χ4n) is 0.804. The van der Waals surface area contributed by atoms with Gasteiger partial charge in [-0.3, -0.25) is 4.79 Å². The molecule has 7 heteroatoms. The number of primary amides is 1. The van der Waals surface area contributed by atoms with Crippen LogP contribution < -0.4 is 5.73 Å². The predicted octanol–water partition coefficient (Wildman–Crippen LogP) is 0.445. The Bertz CT molecular complexity index is 419. The van der Waals surface area contributed by atoms with E-state index in [1.165, 1.54) is 12.2 Å². The van der Waals surface area contributed by atoms with E-state index in [0.717, 1.165) is 5.41 Å². The van der Waals surface area contributed by atoms with Crippen LogP contribution in [0.15, 0.2) is 32.9 Å². The fraction of sp³-hybridized carbons (Fsp3) is 0.286. The van der Waals surface area contributed by atoms with Crippen LogP contribution >= 0.6 is 0 Å². The van der Waals surface area contributed by atoms with Crippen molar-refractivity contribution in [2.24, 2.45) is 15.4 Å². The van der Waals surface area contributed by atoms with E-state index in [2.05, 4.69) is 9.63 Å². The quantitative estimate of drug-likeness (QED) is 0.739. The molecule has 0 aliphatic carbocycles. The number of sulfonamides is 1. The van der Waals surface area contributed by atoms with Gasteiger partial charge in [-0.1, -0.05) is 4.52 Å². The first-order chi connectivity index (χ1) is 6.49. The number of carbonyl (C=O) groups excluding carboxylic acids is 1. The van der Waals surface area contributed by atoms with Crippen LogP contribution in [0.2, 0.25) is 0 Å². The molecule has 0 aromatic heterocycles. The molecule has 1 aliphatic rings. The average Bonchev–Trinajstić information content (AvgIpc) is 2.23. The number of allylic oxidation sites excluding steroid dienone is 3. The summed E-state index contributed by atoms with van der Waals surface area (Å²) in [6.45, 7) is 0. The Morgan fingerprint density at radius 3 is 2.86 bits per heavy atom. The van der Waals surface area contributed by atoms with Crippen molar-refractivity contribution in [3.05, 3.63) is 23.3 Å². The second kappa shape index (κ2) is 4.14. The molecule has 0 atom stereocenters. The zero-order valence-corrected chi connectivity index (χ0v) is 8.07. The summed E-state index contributed by atoms with van der Waals surface area (Å²) in [7, 11) is -3.58. The normalized spacial score (nSPS) is 18.7. The van der Waals surface area contributed by atoms with Gasteiger partial charge < -0.3 is 5.73 Å². The summed E-state index contributed by atoms with van der Waals surface area (Å²) in [4.78, 5) is 10.4. The molecule has 6 nitrogen and oxygen atoms in total. The lowest BCUT2D eigenvalue weighted by atomic mass is 10.2. The van der Waals surface area contributed by atoms with Crippen molar-refractivity contribution in [1.82, 2.24) is 0 Å². The van der Waals surface area contributed by atoms with Gasteiger partial charge in [0.05, 0.1) is 11.1 Å². The van der Waals surface area contributed by atoms with Gasteiger partial charge in [-0.2, -0.15) is 8.42 Å². The molecule has 0 spiro atoms. The van der Waals surface area contributed by atoms with Gasteiger partial charge in [0.2, 0.25) is 5.91 Å². The van der Waals surface area contributed by atoms with Crippen LogP contribution in [0.5, 0.6) is 0 Å². The van der Waals surface area contributed by atoms with Gasteiger partial charge in [-0.05, 0) is 12.2 Å². The van der Waals surface area contributed by atoms with Crippen LogP contribution in [-0.2, 0) is 14.8 Å². The molecule has 1 aliphatic heterocycles. The summed E-state index contributed by atoms with van der Waals surface area (Å²) in [5.74, 6) is -0.461. The lowest BCUT2D eigenvalue weighted by Crippen LogP contribution is -2.09. The Labute approximate surface area is 81.3 Å². The molecule has 76 valence electrons. The third-order valence-electron chi connectivity index (χ3n) is 1.45. The number of hydrogen-bond acceptors (Lipinski definition) is 4. The topological polar surface area (TPSA) is 102 Å². The van der Waals surface area contributed by atoms with E-state index in [-0.39, 0.29) is 6.42 Å². The van der Waals surface area contributed by atoms with E-state index < -0.39 is 15.9 Å². The molecule has 0 bridgehead atoms. The molecular formula is C7H9N3O3S.